The highest BCUT2D eigenvalue weighted by Gasteiger charge is 2.32. The molecule has 3 atom stereocenters. The molecule has 1 saturated carbocycles. The Morgan fingerprint density at radius 3 is 2.55 bits per heavy atom. The maximum Gasteiger partial charge on any atom is 0.306 e. The van der Waals surface area contributed by atoms with Crippen molar-refractivity contribution in [3.8, 4) is 11.5 Å². The van der Waals surface area contributed by atoms with Gasteiger partial charge >= 0.3 is 5.97 Å². The van der Waals surface area contributed by atoms with E-state index in [-0.39, 0.29) is 29.4 Å². The standard InChI is InChI=1S/C15H21NO4/c1-9(11-5-12(17)7-13(18)6-11)16-8-10-3-2-4-14(10)15(19)20/h5-7,9-10,14,16-18H,2-4,8H2,1H3,(H,19,20). The summed E-state index contributed by atoms with van der Waals surface area (Å²) in [5.41, 5.74) is 0.785. The van der Waals surface area contributed by atoms with E-state index in [4.69, 9.17) is 5.11 Å². The Hall–Kier alpha value is -1.75. The maximum atomic E-state index is 11.1. The van der Waals surface area contributed by atoms with Crippen LogP contribution in [0.4, 0.5) is 0 Å². The van der Waals surface area contributed by atoms with Crippen LogP contribution in [-0.4, -0.2) is 27.8 Å². The van der Waals surface area contributed by atoms with Gasteiger partial charge < -0.3 is 20.6 Å². The molecule has 5 heteroatoms. The normalized spacial score (nSPS) is 23.6. The molecule has 4 N–H and O–H groups in total. The fraction of sp³-hybridized carbons (Fsp3) is 0.533. The van der Waals surface area contributed by atoms with Gasteiger partial charge in [0.05, 0.1) is 5.92 Å². The Balaban J connectivity index is 1.94. The predicted molar refractivity (Wildman–Crippen MR) is 74.7 cm³/mol. The molecule has 0 bridgehead atoms. The lowest BCUT2D eigenvalue weighted by Crippen LogP contribution is -2.30. The number of phenolic OH excluding ortho intramolecular Hbond substituents is 2. The predicted octanol–water partition coefficient (Wildman–Crippen LogP) is 2.25. The van der Waals surface area contributed by atoms with Crippen LogP contribution in [0.5, 0.6) is 11.5 Å². The number of hydrogen-bond donors (Lipinski definition) is 4. The van der Waals surface area contributed by atoms with Gasteiger partial charge in [-0.25, -0.2) is 0 Å². The van der Waals surface area contributed by atoms with Crippen molar-refractivity contribution in [3.63, 3.8) is 0 Å². The van der Waals surface area contributed by atoms with E-state index in [0.29, 0.717) is 6.54 Å². The average Bonchev–Trinajstić information content (AvgIpc) is 2.83. The second-order valence-corrected chi connectivity index (χ2v) is 5.55. The van der Waals surface area contributed by atoms with E-state index >= 15 is 0 Å². The van der Waals surface area contributed by atoms with E-state index in [2.05, 4.69) is 5.32 Å². The lowest BCUT2D eigenvalue weighted by Gasteiger charge is -2.20. The molecule has 0 spiro atoms. The number of benzene rings is 1. The molecule has 3 unspecified atom stereocenters. The number of phenols is 2. The van der Waals surface area contributed by atoms with Crippen LogP contribution in [0.1, 0.15) is 37.8 Å². The fourth-order valence-electron chi connectivity index (χ4n) is 2.92. The van der Waals surface area contributed by atoms with Crippen LogP contribution < -0.4 is 5.32 Å². The van der Waals surface area contributed by atoms with E-state index in [1.165, 1.54) is 6.07 Å². The maximum absolute atomic E-state index is 11.1. The van der Waals surface area contributed by atoms with Crippen LogP contribution in [0.25, 0.3) is 0 Å². The average molecular weight is 279 g/mol. The fourth-order valence-corrected chi connectivity index (χ4v) is 2.92. The van der Waals surface area contributed by atoms with Crippen molar-refractivity contribution in [1.82, 2.24) is 5.32 Å². The molecule has 5 nitrogen and oxygen atoms in total. The summed E-state index contributed by atoms with van der Waals surface area (Å²) >= 11 is 0. The van der Waals surface area contributed by atoms with Gasteiger partial charge in [-0.1, -0.05) is 6.42 Å². The molecule has 20 heavy (non-hydrogen) atoms. The second-order valence-electron chi connectivity index (χ2n) is 5.55. The first-order valence-electron chi connectivity index (χ1n) is 6.96. The molecule has 1 aromatic rings. The first-order chi connectivity index (χ1) is 9.47. The molecular weight excluding hydrogens is 258 g/mol. The number of carbonyl (C=O) groups is 1. The van der Waals surface area contributed by atoms with Crippen LogP contribution >= 0.6 is 0 Å². The molecule has 0 amide bonds. The summed E-state index contributed by atoms with van der Waals surface area (Å²) < 4.78 is 0. The summed E-state index contributed by atoms with van der Waals surface area (Å²) in [4.78, 5) is 11.1. The number of aliphatic carboxylic acids is 1. The van der Waals surface area contributed by atoms with E-state index in [0.717, 1.165) is 24.8 Å². The van der Waals surface area contributed by atoms with E-state index < -0.39 is 5.97 Å². The van der Waals surface area contributed by atoms with Crippen LogP contribution in [0.2, 0.25) is 0 Å². The third kappa shape index (κ3) is 3.42. The Labute approximate surface area is 118 Å². The molecule has 2 rings (SSSR count). The molecule has 1 aliphatic carbocycles. The smallest absolute Gasteiger partial charge is 0.306 e. The van der Waals surface area contributed by atoms with Crippen molar-refractivity contribution in [1.29, 1.82) is 0 Å². The molecule has 0 aliphatic heterocycles. The zero-order chi connectivity index (χ0) is 14.7. The summed E-state index contributed by atoms with van der Waals surface area (Å²) in [5, 5.41) is 31.4. The zero-order valence-corrected chi connectivity index (χ0v) is 11.5. The van der Waals surface area contributed by atoms with Gasteiger partial charge in [-0.3, -0.25) is 4.79 Å². The van der Waals surface area contributed by atoms with Gasteiger partial charge in [0.2, 0.25) is 0 Å². The highest BCUT2D eigenvalue weighted by molar-refractivity contribution is 5.70. The number of rotatable bonds is 5. The van der Waals surface area contributed by atoms with Crippen molar-refractivity contribution < 1.29 is 20.1 Å². The summed E-state index contributed by atoms with van der Waals surface area (Å²) in [7, 11) is 0. The largest absolute Gasteiger partial charge is 0.508 e. The quantitative estimate of drug-likeness (QED) is 0.664. The summed E-state index contributed by atoms with van der Waals surface area (Å²) in [6, 6.07) is 4.43. The highest BCUT2D eigenvalue weighted by Crippen LogP contribution is 2.32. The van der Waals surface area contributed by atoms with Gasteiger partial charge in [0, 0.05) is 12.1 Å². The van der Waals surface area contributed by atoms with Gasteiger partial charge in [0.1, 0.15) is 11.5 Å². The Kier molecular flexibility index (Phi) is 4.49. The molecule has 0 heterocycles. The van der Waals surface area contributed by atoms with Crippen molar-refractivity contribution in [2.75, 3.05) is 6.54 Å². The topological polar surface area (TPSA) is 89.8 Å². The minimum Gasteiger partial charge on any atom is -0.508 e. The van der Waals surface area contributed by atoms with E-state index in [1.807, 2.05) is 6.92 Å². The van der Waals surface area contributed by atoms with E-state index in [9.17, 15) is 15.0 Å². The van der Waals surface area contributed by atoms with Crippen molar-refractivity contribution in [2.24, 2.45) is 11.8 Å². The minimum atomic E-state index is -0.711. The molecule has 1 aliphatic rings. The van der Waals surface area contributed by atoms with Crippen LogP contribution in [0.15, 0.2) is 18.2 Å². The first kappa shape index (κ1) is 14.7. The number of hydrogen-bond acceptors (Lipinski definition) is 4. The molecule has 1 aromatic carbocycles. The van der Waals surface area contributed by atoms with Crippen molar-refractivity contribution in [2.45, 2.75) is 32.2 Å². The molecule has 1 fully saturated rings. The zero-order valence-electron chi connectivity index (χ0n) is 11.5. The van der Waals surface area contributed by atoms with Crippen LogP contribution in [0.3, 0.4) is 0 Å². The van der Waals surface area contributed by atoms with Crippen LogP contribution in [-0.2, 0) is 4.79 Å². The molecule has 0 saturated heterocycles. The second kappa shape index (κ2) is 6.13. The molecule has 0 radical (unpaired) electrons. The number of nitrogens with one attached hydrogen (secondary N) is 1. The van der Waals surface area contributed by atoms with Crippen molar-refractivity contribution >= 4 is 5.97 Å². The summed E-state index contributed by atoms with van der Waals surface area (Å²) in [5.74, 6) is -0.763. The molecule has 110 valence electrons. The van der Waals surface area contributed by atoms with Gasteiger partial charge in [-0.2, -0.15) is 0 Å². The van der Waals surface area contributed by atoms with Gasteiger partial charge in [0.15, 0.2) is 0 Å². The number of carboxylic acids is 1. The molecule has 0 aromatic heterocycles. The third-order valence-corrected chi connectivity index (χ3v) is 4.09. The number of carboxylic acid groups (broad SMARTS) is 1. The van der Waals surface area contributed by atoms with Crippen molar-refractivity contribution in [3.05, 3.63) is 23.8 Å². The van der Waals surface area contributed by atoms with Gasteiger partial charge in [-0.15, -0.1) is 0 Å². The monoisotopic (exact) mass is 279 g/mol. The summed E-state index contributed by atoms with van der Waals surface area (Å²) in [6.07, 6.45) is 2.65. The summed E-state index contributed by atoms with van der Waals surface area (Å²) in [6.45, 7) is 2.56. The lowest BCUT2D eigenvalue weighted by molar-refractivity contribution is -0.142. The highest BCUT2D eigenvalue weighted by atomic mass is 16.4. The third-order valence-electron chi connectivity index (χ3n) is 4.09. The SMILES string of the molecule is CC(NCC1CCCC1C(=O)O)c1cc(O)cc(O)c1. The minimum absolute atomic E-state index is 0.0259. The van der Waals surface area contributed by atoms with Crippen LogP contribution in [0, 0.1) is 11.8 Å². The Morgan fingerprint density at radius 1 is 1.30 bits per heavy atom. The Morgan fingerprint density at radius 2 is 1.95 bits per heavy atom. The van der Waals surface area contributed by atoms with Gasteiger partial charge in [-0.05, 0) is 49.9 Å². The van der Waals surface area contributed by atoms with E-state index in [1.54, 1.807) is 12.1 Å². The van der Waals surface area contributed by atoms with Gasteiger partial charge in [0.25, 0.3) is 0 Å². The lowest BCUT2D eigenvalue weighted by atomic mass is 9.95. The number of aromatic hydroxyl groups is 2. The Bertz CT molecular complexity index is 469. The first-order valence-corrected chi connectivity index (χ1v) is 6.96. The molecular formula is C15H21NO4.